The molecule has 3 nitrogen and oxygen atoms in total. The van der Waals surface area contributed by atoms with Crippen LogP contribution in [0.25, 0.3) is 10.9 Å². The predicted molar refractivity (Wildman–Crippen MR) is 79.5 cm³/mol. The summed E-state index contributed by atoms with van der Waals surface area (Å²) in [5, 5.41) is 11.5. The van der Waals surface area contributed by atoms with Crippen molar-refractivity contribution in [2.45, 2.75) is 38.4 Å². The SMILES string of the molecule is CCOC1CC(CC(O)c2ccc3ncccc3c2)C1. The van der Waals surface area contributed by atoms with Crippen molar-refractivity contribution in [3.8, 4) is 0 Å². The molecule has 1 aliphatic carbocycles. The zero-order chi connectivity index (χ0) is 13.9. The van der Waals surface area contributed by atoms with Gasteiger partial charge in [0.05, 0.1) is 17.7 Å². The van der Waals surface area contributed by atoms with Crippen LogP contribution in [0, 0.1) is 5.92 Å². The van der Waals surface area contributed by atoms with Crippen molar-refractivity contribution in [3.63, 3.8) is 0 Å². The Balaban J connectivity index is 1.63. The van der Waals surface area contributed by atoms with Gasteiger partial charge in [0, 0.05) is 18.2 Å². The monoisotopic (exact) mass is 271 g/mol. The van der Waals surface area contributed by atoms with Crippen LogP contribution in [0.4, 0.5) is 0 Å². The number of fused-ring (bicyclic) bond motifs is 1. The normalized spacial score (nSPS) is 23.5. The fourth-order valence-corrected chi connectivity index (χ4v) is 2.99. The average Bonchev–Trinajstić information content (AvgIpc) is 2.44. The van der Waals surface area contributed by atoms with E-state index in [1.54, 1.807) is 6.20 Å². The molecular weight excluding hydrogens is 250 g/mol. The van der Waals surface area contributed by atoms with Gasteiger partial charge in [0.25, 0.3) is 0 Å². The molecule has 0 aliphatic heterocycles. The van der Waals surface area contributed by atoms with Crippen LogP contribution in [0.5, 0.6) is 0 Å². The highest BCUT2D eigenvalue weighted by Gasteiger charge is 2.31. The first-order valence-electron chi connectivity index (χ1n) is 7.40. The highest BCUT2D eigenvalue weighted by molar-refractivity contribution is 5.78. The van der Waals surface area contributed by atoms with Crippen LogP contribution in [0.15, 0.2) is 36.5 Å². The van der Waals surface area contributed by atoms with Crippen molar-refractivity contribution in [3.05, 3.63) is 42.1 Å². The number of aliphatic hydroxyl groups excluding tert-OH is 1. The molecule has 1 fully saturated rings. The quantitative estimate of drug-likeness (QED) is 0.905. The van der Waals surface area contributed by atoms with E-state index in [1.165, 1.54) is 0 Å². The first-order valence-corrected chi connectivity index (χ1v) is 7.40. The standard InChI is InChI=1S/C17H21NO2/c1-2-20-15-8-12(9-15)10-17(19)14-5-6-16-13(11-14)4-3-7-18-16/h3-7,11-12,15,17,19H,2,8-10H2,1H3. The Labute approximate surface area is 119 Å². The molecule has 0 radical (unpaired) electrons. The molecule has 1 N–H and O–H groups in total. The number of hydrogen-bond acceptors (Lipinski definition) is 3. The lowest BCUT2D eigenvalue weighted by Crippen LogP contribution is -2.32. The second-order valence-electron chi connectivity index (χ2n) is 5.62. The van der Waals surface area contributed by atoms with Crippen molar-refractivity contribution in [2.75, 3.05) is 6.61 Å². The molecule has 1 unspecified atom stereocenters. The van der Waals surface area contributed by atoms with Gasteiger partial charge >= 0.3 is 0 Å². The predicted octanol–water partition coefficient (Wildman–Crippen LogP) is 3.47. The minimum absolute atomic E-state index is 0.382. The van der Waals surface area contributed by atoms with Gasteiger partial charge in [-0.15, -0.1) is 0 Å². The van der Waals surface area contributed by atoms with E-state index in [1.807, 2.05) is 37.3 Å². The topological polar surface area (TPSA) is 42.4 Å². The van der Waals surface area contributed by atoms with Crippen molar-refractivity contribution < 1.29 is 9.84 Å². The second-order valence-corrected chi connectivity index (χ2v) is 5.62. The summed E-state index contributed by atoms with van der Waals surface area (Å²) >= 11 is 0. The van der Waals surface area contributed by atoms with Crippen LogP contribution >= 0.6 is 0 Å². The van der Waals surface area contributed by atoms with Crippen LogP contribution in [-0.4, -0.2) is 22.8 Å². The van der Waals surface area contributed by atoms with E-state index in [0.29, 0.717) is 12.0 Å². The Hall–Kier alpha value is -1.45. The number of rotatable bonds is 5. The molecule has 106 valence electrons. The maximum atomic E-state index is 10.4. The van der Waals surface area contributed by atoms with Crippen LogP contribution in [-0.2, 0) is 4.74 Å². The Morgan fingerprint density at radius 1 is 1.35 bits per heavy atom. The highest BCUT2D eigenvalue weighted by Crippen LogP contribution is 2.37. The lowest BCUT2D eigenvalue weighted by atomic mass is 9.78. The van der Waals surface area contributed by atoms with E-state index in [2.05, 4.69) is 4.98 Å². The maximum absolute atomic E-state index is 10.4. The van der Waals surface area contributed by atoms with E-state index < -0.39 is 0 Å². The number of ether oxygens (including phenoxy) is 1. The van der Waals surface area contributed by atoms with Crippen molar-refractivity contribution in [1.29, 1.82) is 0 Å². The van der Waals surface area contributed by atoms with Crippen LogP contribution < -0.4 is 0 Å². The molecule has 0 amide bonds. The van der Waals surface area contributed by atoms with Crippen LogP contribution in [0.3, 0.4) is 0 Å². The molecule has 2 aromatic rings. The summed E-state index contributed by atoms with van der Waals surface area (Å²) in [4.78, 5) is 4.30. The van der Waals surface area contributed by atoms with E-state index in [9.17, 15) is 5.11 Å². The van der Waals surface area contributed by atoms with E-state index >= 15 is 0 Å². The smallest absolute Gasteiger partial charge is 0.0793 e. The van der Waals surface area contributed by atoms with Gasteiger partial charge in [0.1, 0.15) is 0 Å². The molecule has 20 heavy (non-hydrogen) atoms. The third kappa shape index (κ3) is 2.84. The van der Waals surface area contributed by atoms with Crippen molar-refractivity contribution in [2.24, 2.45) is 5.92 Å². The zero-order valence-electron chi connectivity index (χ0n) is 11.8. The minimum Gasteiger partial charge on any atom is -0.388 e. The molecule has 3 heteroatoms. The summed E-state index contributed by atoms with van der Waals surface area (Å²) in [6, 6.07) is 9.98. The second kappa shape index (κ2) is 5.90. The van der Waals surface area contributed by atoms with Crippen molar-refractivity contribution >= 4 is 10.9 Å². The molecule has 1 aromatic heterocycles. The van der Waals surface area contributed by atoms with Gasteiger partial charge in [-0.05, 0) is 55.9 Å². The number of pyridine rings is 1. The summed E-state index contributed by atoms with van der Waals surface area (Å²) < 4.78 is 5.56. The summed E-state index contributed by atoms with van der Waals surface area (Å²) in [7, 11) is 0. The lowest BCUT2D eigenvalue weighted by molar-refractivity contribution is -0.0380. The van der Waals surface area contributed by atoms with E-state index in [-0.39, 0.29) is 6.10 Å². The maximum Gasteiger partial charge on any atom is 0.0793 e. The average molecular weight is 271 g/mol. The molecule has 0 bridgehead atoms. The van der Waals surface area contributed by atoms with Gasteiger partial charge in [-0.25, -0.2) is 0 Å². The van der Waals surface area contributed by atoms with Gasteiger partial charge < -0.3 is 9.84 Å². The van der Waals surface area contributed by atoms with E-state index in [0.717, 1.165) is 42.3 Å². The Bertz CT molecular complexity index is 578. The molecule has 1 saturated carbocycles. The third-order valence-electron chi connectivity index (χ3n) is 4.16. The number of aromatic nitrogens is 1. The lowest BCUT2D eigenvalue weighted by Gasteiger charge is -2.36. The molecule has 1 atom stereocenters. The summed E-state index contributed by atoms with van der Waals surface area (Å²) in [5.74, 6) is 0.589. The first-order chi connectivity index (χ1) is 9.76. The third-order valence-corrected chi connectivity index (χ3v) is 4.16. The number of hydrogen-bond donors (Lipinski definition) is 1. The Morgan fingerprint density at radius 2 is 2.20 bits per heavy atom. The van der Waals surface area contributed by atoms with Crippen molar-refractivity contribution in [1.82, 2.24) is 4.98 Å². The van der Waals surface area contributed by atoms with Gasteiger partial charge in [-0.1, -0.05) is 12.1 Å². The van der Waals surface area contributed by atoms with E-state index in [4.69, 9.17) is 4.74 Å². The fourth-order valence-electron chi connectivity index (χ4n) is 2.99. The molecule has 0 spiro atoms. The van der Waals surface area contributed by atoms with Crippen LogP contribution in [0.1, 0.15) is 37.9 Å². The number of nitrogens with zero attached hydrogens (tertiary/aromatic N) is 1. The molecule has 3 rings (SSSR count). The first kappa shape index (κ1) is 13.5. The Morgan fingerprint density at radius 3 is 3.00 bits per heavy atom. The number of benzene rings is 1. The van der Waals surface area contributed by atoms with Crippen LogP contribution in [0.2, 0.25) is 0 Å². The highest BCUT2D eigenvalue weighted by atomic mass is 16.5. The summed E-state index contributed by atoms with van der Waals surface area (Å²) in [5.41, 5.74) is 1.97. The molecule has 0 saturated heterocycles. The molecular formula is C17H21NO2. The summed E-state index contributed by atoms with van der Waals surface area (Å²) in [6.45, 7) is 2.82. The minimum atomic E-state index is -0.382. The number of aliphatic hydroxyl groups is 1. The van der Waals surface area contributed by atoms with Gasteiger partial charge in [-0.2, -0.15) is 0 Å². The Kier molecular flexibility index (Phi) is 3.99. The summed E-state index contributed by atoms with van der Waals surface area (Å²) in [6.07, 6.45) is 4.82. The zero-order valence-corrected chi connectivity index (χ0v) is 11.8. The van der Waals surface area contributed by atoms with Gasteiger partial charge in [0.15, 0.2) is 0 Å². The van der Waals surface area contributed by atoms with Gasteiger partial charge in [0.2, 0.25) is 0 Å². The molecule has 1 heterocycles. The fraction of sp³-hybridized carbons (Fsp3) is 0.471. The largest absolute Gasteiger partial charge is 0.388 e. The van der Waals surface area contributed by atoms with Gasteiger partial charge in [-0.3, -0.25) is 4.98 Å². The molecule has 1 aliphatic rings. The molecule has 1 aromatic carbocycles.